The maximum absolute atomic E-state index is 12.1. The predicted octanol–water partition coefficient (Wildman–Crippen LogP) is 2.48. The Bertz CT molecular complexity index is 364. The molecule has 0 spiro atoms. The minimum Gasteiger partial charge on any atom is -0.410 e. The van der Waals surface area contributed by atoms with Crippen LogP contribution in [0.3, 0.4) is 0 Å². The molecule has 1 aromatic heterocycles. The van der Waals surface area contributed by atoms with E-state index in [0.717, 1.165) is 6.20 Å². The number of hydrogen-bond donors (Lipinski definition) is 1. The summed E-state index contributed by atoms with van der Waals surface area (Å²) >= 11 is 5.32. The molecule has 7 heteroatoms. The maximum atomic E-state index is 12.1. The highest BCUT2D eigenvalue weighted by molar-refractivity contribution is 6.69. The zero-order valence-corrected chi connectivity index (χ0v) is 7.34. The van der Waals surface area contributed by atoms with Crippen LogP contribution >= 0.6 is 11.6 Å². The zero-order chi connectivity index (χ0) is 10.8. The second-order valence-corrected chi connectivity index (χ2v) is 2.68. The third kappa shape index (κ3) is 2.35. The van der Waals surface area contributed by atoms with Crippen molar-refractivity contribution in [1.82, 2.24) is 4.98 Å². The summed E-state index contributed by atoms with van der Waals surface area (Å²) in [5.74, 6) is 0. The summed E-state index contributed by atoms with van der Waals surface area (Å²) in [4.78, 5) is 3.11. The monoisotopic (exact) mass is 224 g/mol. The summed E-state index contributed by atoms with van der Waals surface area (Å²) in [6, 6.07) is 1.90. The largest absolute Gasteiger partial charge is 0.433 e. The first-order valence-corrected chi connectivity index (χ1v) is 3.74. The minimum absolute atomic E-state index is 0.0449. The Balaban J connectivity index is 3.14. The fraction of sp³-hybridized carbons (Fsp3) is 0.143. The van der Waals surface area contributed by atoms with Gasteiger partial charge in [0.1, 0.15) is 5.69 Å². The number of nitrogens with zero attached hydrogens (tertiary/aromatic N) is 2. The lowest BCUT2D eigenvalue weighted by atomic mass is 10.2. The summed E-state index contributed by atoms with van der Waals surface area (Å²) in [5, 5.41) is 10.4. The minimum atomic E-state index is -4.54. The van der Waals surface area contributed by atoms with E-state index in [0.29, 0.717) is 6.07 Å². The van der Waals surface area contributed by atoms with Gasteiger partial charge in [0.2, 0.25) is 0 Å². The molecule has 0 fully saturated rings. The molecule has 0 aliphatic heterocycles. The molecule has 0 saturated carbocycles. The number of halogens is 4. The van der Waals surface area contributed by atoms with Gasteiger partial charge in [-0.05, 0) is 12.1 Å². The number of pyridine rings is 1. The van der Waals surface area contributed by atoms with Crippen LogP contribution in [0.1, 0.15) is 11.3 Å². The fourth-order valence-electron chi connectivity index (χ4n) is 0.772. The van der Waals surface area contributed by atoms with Crippen LogP contribution in [-0.2, 0) is 6.18 Å². The van der Waals surface area contributed by atoms with Crippen molar-refractivity contribution in [3.05, 3.63) is 29.6 Å². The molecule has 0 saturated heterocycles. The molecule has 0 atom stereocenters. The van der Waals surface area contributed by atoms with Crippen molar-refractivity contribution in [1.29, 1.82) is 0 Å². The highest BCUT2D eigenvalue weighted by atomic mass is 35.5. The Morgan fingerprint density at radius 3 is 2.64 bits per heavy atom. The van der Waals surface area contributed by atoms with E-state index >= 15 is 0 Å². The van der Waals surface area contributed by atoms with Crippen LogP contribution in [0.2, 0.25) is 0 Å². The van der Waals surface area contributed by atoms with Crippen LogP contribution in [0.5, 0.6) is 0 Å². The highest BCUT2D eigenvalue weighted by Gasteiger charge is 2.32. The normalized spacial score (nSPS) is 13.0. The van der Waals surface area contributed by atoms with Gasteiger partial charge < -0.3 is 5.21 Å². The van der Waals surface area contributed by atoms with E-state index in [9.17, 15) is 13.2 Å². The number of hydrogen-bond acceptors (Lipinski definition) is 3. The summed E-state index contributed by atoms with van der Waals surface area (Å²) in [7, 11) is 0. The number of alkyl halides is 3. The number of rotatable bonds is 1. The maximum Gasteiger partial charge on any atom is 0.433 e. The lowest BCUT2D eigenvalue weighted by Gasteiger charge is -2.05. The molecule has 0 unspecified atom stereocenters. The van der Waals surface area contributed by atoms with Crippen LogP contribution in [0.15, 0.2) is 23.5 Å². The van der Waals surface area contributed by atoms with E-state index in [1.807, 2.05) is 0 Å². The smallest absolute Gasteiger partial charge is 0.410 e. The van der Waals surface area contributed by atoms with Crippen LogP contribution in [-0.4, -0.2) is 15.4 Å². The van der Waals surface area contributed by atoms with E-state index in [1.165, 1.54) is 6.07 Å². The van der Waals surface area contributed by atoms with E-state index in [-0.39, 0.29) is 5.56 Å². The standard InChI is InChI=1S/C7H4ClF3N2O/c8-6(13-14)4-1-2-12-5(3-4)7(9,10)11/h1-3,14H. The Hall–Kier alpha value is -1.30. The molecule has 0 bridgehead atoms. The van der Waals surface area contributed by atoms with Gasteiger partial charge >= 0.3 is 6.18 Å². The van der Waals surface area contributed by atoms with Crippen molar-refractivity contribution in [3.8, 4) is 0 Å². The molecule has 0 radical (unpaired) electrons. The van der Waals surface area contributed by atoms with E-state index in [2.05, 4.69) is 10.1 Å². The third-order valence-corrected chi connectivity index (χ3v) is 1.67. The van der Waals surface area contributed by atoms with Crippen LogP contribution < -0.4 is 0 Å². The van der Waals surface area contributed by atoms with Gasteiger partial charge in [-0.2, -0.15) is 13.2 Å². The van der Waals surface area contributed by atoms with Crippen molar-refractivity contribution in [2.24, 2.45) is 5.16 Å². The van der Waals surface area contributed by atoms with Gasteiger partial charge in [-0.25, -0.2) is 0 Å². The molecule has 76 valence electrons. The van der Waals surface area contributed by atoms with E-state index in [1.54, 1.807) is 0 Å². The molecular formula is C7H4ClF3N2O. The van der Waals surface area contributed by atoms with Gasteiger partial charge in [0.05, 0.1) is 0 Å². The first kappa shape index (κ1) is 10.8. The summed E-state index contributed by atoms with van der Waals surface area (Å²) in [5.41, 5.74) is -1.13. The van der Waals surface area contributed by atoms with Crippen molar-refractivity contribution < 1.29 is 18.4 Å². The number of oxime groups is 1. The lowest BCUT2D eigenvalue weighted by Crippen LogP contribution is -2.08. The summed E-state index contributed by atoms with van der Waals surface area (Å²) in [6.45, 7) is 0. The van der Waals surface area contributed by atoms with Gasteiger partial charge in [0.25, 0.3) is 0 Å². The predicted molar refractivity (Wildman–Crippen MR) is 43.4 cm³/mol. The molecule has 0 aromatic carbocycles. The van der Waals surface area contributed by atoms with Gasteiger partial charge in [-0.1, -0.05) is 16.8 Å². The van der Waals surface area contributed by atoms with Crippen LogP contribution in [0.25, 0.3) is 0 Å². The highest BCUT2D eigenvalue weighted by Crippen LogP contribution is 2.27. The van der Waals surface area contributed by atoms with E-state index < -0.39 is 17.0 Å². The van der Waals surface area contributed by atoms with Gasteiger partial charge in [0, 0.05) is 11.8 Å². The molecule has 1 N–H and O–H groups in total. The first-order valence-electron chi connectivity index (χ1n) is 3.36. The molecule has 0 amide bonds. The Kier molecular flexibility index (Phi) is 2.95. The quantitative estimate of drug-likeness (QED) is 0.453. The molecule has 0 aliphatic carbocycles. The summed E-state index contributed by atoms with van der Waals surface area (Å²) < 4.78 is 36.4. The van der Waals surface area contributed by atoms with Crippen molar-refractivity contribution in [2.75, 3.05) is 0 Å². The second-order valence-electron chi connectivity index (χ2n) is 2.32. The molecule has 1 heterocycles. The SMILES string of the molecule is ON=C(Cl)c1ccnc(C(F)(F)F)c1. The van der Waals surface area contributed by atoms with Crippen molar-refractivity contribution in [3.63, 3.8) is 0 Å². The lowest BCUT2D eigenvalue weighted by molar-refractivity contribution is -0.141. The van der Waals surface area contributed by atoms with Gasteiger partial charge in [0.15, 0.2) is 5.17 Å². The zero-order valence-electron chi connectivity index (χ0n) is 6.59. The van der Waals surface area contributed by atoms with E-state index in [4.69, 9.17) is 16.8 Å². The Morgan fingerprint density at radius 2 is 2.14 bits per heavy atom. The van der Waals surface area contributed by atoms with Crippen molar-refractivity contribution in [2.45, 2.75) is 6.18 Å². The van der Waals surface area contributed by atoms with Crippen molar-refractivity contribution >= 4 is 16.8 Å². The van der Waals surface area contributed by atoms with Crippen LogP contribution in [0, 0.1) is 0 Å². The average molecular weight is 225 g/mol. The molecular weight excluding hydrogens is 221 g/mol. The molecule has 0 aliphatic rings. The second kappa shape index (κ2) is 3.83. The molecule has 1 rings (SSSR count). The Morgan fingerprint density at radius 1 is 1.50 bits per heavy atom. The fourth-order valence-corrected chi connectivity index (χ4v) is 0.889. The molecule has 14 heavy (non-hydrogen) atoms. The molecule has 1 aromatic rings. The Labute approximate surface area is 81.8 Å². The third-order valence-electron chi connectivity index (χ3n) is 1.38. The van der Waals surface area contributed by atoms with Gasteiger partial charge in [-0.15, -0.1) is 0 Å². The first-order chi connectivity index (χ1) is 6.45. The summed E-state index contributed by atoms with van der Waals surface area (Å²) in [6.07, 6.45) is -3.60. The van der Waals surface area contributed by atoms with Gasteiger partial charge in [-0.3, -0.25) is 4.98 Å². The number of aromatic nitrogens is 1. The average Bonchev–Trinajstić information content (AvgIpc) is 2.15. The van der Waals surface area contributed by atoms with Crippen LogP contribution in [0.4, 0.5) is 13.2 Å². The topological polar surface area (TPSA) is 45.5 Å². The molecule has 3 nitrogen and oxygen atoms in total.